The van der Waals surface area contributed by atoms with E-state index in [1.54, 1.807) is 0 Å². The molecule has 1 saturated heterocycles. The zero-order valence-corrected chi connectivity index (χ0v) is 16.7. The molecule has 1 heterocycles. The number of hydrogen-bond acceptors (Lipinski definition) is 5. The van der Waals surface area contributed by atoms with Crippen molar-refractivity contribution in [3.63, 3.8) is 0 Å². The Bertz CT molecular complexity index is 822. The third-order valence-corrected chi connectivity index (χ3v) is 9.70. The van der Waals surface area contributed by atoms with Crippen LogP contribution in [0.2, 0.25) is 0 Å². The number of hydrogen-bond donors (Lipinski definition) is 0. The van der Waals surface area contributed by atoms with Crippen LogP contribution in [0.3, 0.4) is 0 Å². The molecule has 0 unspecified atom stereocenters. The smallest absolute Gasteiger partial charge is 0.227 e. The normalized spacial score (nSPS) is 33.3. The summed E-state index contributed by atoms with van der Waals surface area (Å²) in [4.78, 5) is 12.8. The number of carbonyl (C=O) groups is 1. The molecule has 7 heteroatoms. The summed E-state index contributed by atoms with van der Waals surface area (Å²) < 4.78 is 38.9. The summed E-state index contributed by atoms with van der Waals surface area (Å²) in [5.74, 6) is 0.788. The van der Waals surface area contributed by atoms with Crippen molar-refractivity contribution >= 4 is 15.8 Å². The summed E-state index contributed by atoms with van der Waals surface area (Å²) in [7, 11) is -3.76. The van der Waals surface area contributed by atoms with E-state index in [-0.39, 0.29) is 31.0 Å². The van der Waals surface area contributed by atoms with Crippen molar-refractivity contribution < 1.29 is 22.7 Å². The van der Waals surface area contributed by atoms with E-state index in [4.69, 9.17) is 9.47 Å². The van der Waals surface area contributed by atoms with Gasteiger partial charge in [-0.2, -0.15) is 4.31 Å². The summed E-state index contributed by atoms with van der Waals surface area (Å²) in [5.41, 5.74) is -0.517. The third kappa shape index (κ3) is 2.74. The van der Waals surface area contributed by atoms with Gasteiger partial charge in [-0.1, -0.05) is 32.0 Å². The molecule has 0 aromatic heterocycles. The van der Waals surface area contributed by atoms with Gasteiger partial charge in [-0.3, -0.25) is 4.79 Å². The van der Waals surface area contributed by atoms with Crippen LogP contribution >= 0.6 is 0 Å². The zero-order valence-electron chi connectivity index (χ0n) is 15.9. The van der Waals surface area contributed by atoms with Crippen molar-refractivity contribution in [2.75, 3.05) is 26.3 Å². The first-order valence-corrected chi connectivity index (χ1v) is 11.1. The van der Waals surface area contributed by atoms with Gasteiger partial charge in [0.25, 0.3) is 0 Å². The Morgan fingerprint density at radius 2 is 2.00 bits per heavy atom. The van der Waals surface area contributed by atoms with Crippen LogP contribution in [0.4, 0.5) is 0 Å². The van der Waals surface area contributed by atoms with E-state index in [1.807, 2.05) is 44.2 Å². The highest BCUT2D eigenvalue weighted by molar-refractivity contribution is 7.91. The van der Waals surface area contributed by atoms with E-state index >= 15 is 0 Å². The van der Waals surface area contributed by atoms with Crippen molar-refractivity contribution in [3.05, 3.63) is 30.3 Å². The van der Waals surface area contributed by atoms with Gasteiger partial charge in [-0.05, 0) is 36.3 Å². The van der Waals surface area contributed by atoms with Gasteiger partial charge < -0.3 is 9.47 Å². The molecular weight excluding hydrogens is 366 g/mol. The lowest BCUT2D eigenvalue weighted by Gasteiger charge is -2.42. The molecule has 2 saturated carbocycles. The number of fused-ring (bicyclic) bond motifs is 2. The molecular formula is C20H27NO5S. The highest BCUT2D eigenvalue weighted by Gasteiger charge is 2.72. The molecule has 0 amide bonds. The minimum Gasteiger partial charge on any atom is -0.491 e. The number of sulfonamides is 1. The van der Waals surface area contributed by atoms with Gasteiger partial charge in [0.1, 0.15) is 23.2 Å². The van der Waals surface area contributed by atoms with Crippen molar-refractivity contribution in [2.45, 2.75) is 44.0 Å². The topological polar surface area (TPSA) is 72.9 Å². The number of carbonyl (C=O) groups excluding carboxylic acids is 1. The summed E-state index contributed by atoms with van der Waals surface area (Å²) in [6.45, 7) is 5.01. The van der Waals surface area contributed by atoms with E-state index < -0.39 is 20.2 Å². The molecule has 0 spiro atoms. The molecule has 1 aliphatic heterocycles. The van der Waals surface area contributed by atoms with E-state index in [0.717, 1.165) is 12.2 Å². The summed E-state index contributed by atoms with van der Waals surface area (Å²) in [6.07, 6.45) is 1.29. The third-order valence-electron chi connectivity index (χ3n) is 6.85. The van der Waals surface area contributed by atoms with Crippen LogP contribution in [0.15, 0.2) is 30.3 Å². The van der Waals surface area contributed by atoms with Gasteiger partial charge in [-0.25, -0.2) is 8.42 Å². The molecule has 148 valence electrons. The molecule has 3 aliphatic rings. The molecule has 0 radical (unpaired) electrons. The van der Waals surface area contributed by atoms with Crippen LogP contribution in [0, 0.1) is 11.3 Å². The van der Waals surface area contributed by atoms with Gasteiger partial charge in [0.05, 0.1) is 6.61 Å². The van der Waals surface area contributed by atoms with Gasteiger partial charge in [0.15, 0.2) is 5.78 Å². The Hall–Kier alpha value is -1.44. The molecule has 2 aliphatic carbocycles. The Morgan fingerprint density at radius 1 is 1.26 bits per heavy atom. The van der Waals surface area contributed by atoms with Gasteiger partial charge in [0, 0.05) is 19.5 Å². The predicted molar refractivity (Wildman–Crippen MR) is 101 cm³/mol. The second kappa shape index (κ2) is 6.57. The average Bonchev–Trinajstić information content (AvgIpc) is 3.04. The van der Waals surface area contributed by atoms with Crippen molar-refractivity contribution in [3.8, 4) is 5.75 Å². The van der Waals surface area contributed by atoms with Crippen molar-refractivity contribution in [2.24, 2.45) is 11.3 Å². The fraction of sp³-hybridized carbons (Fsp3) is 0.650. The first kappa shape index (κ1) is 18.9. The number of Topliss-reactive ketones (excluding diaryl/α,β-unsaturated/α-hetero) is 1. The molecule has 1 aromatic rings. The Labute approximate surface area is 160 Å². The van der Waals surface area contributed by atoms with E-state index in [0.29, 0.717) is 26.0 Å². The monoisotopic (exact) mass is 393 g/mol. The number of ketones is 1. The van der Waals surface area contributed by atoms with Crippen LogP contribution in [-0.4, -0.2) is 55.7 Å². The maximum Gasteiger partial charge on any atom is 0.227 e. The minimum atomic E-state index is -3.76. The van der Waals surface area contributed by atoms with Crippen LogP contribution in [-0.2, 0) is 19.6 Å². The maximum atomic E-state index is 13.6. The number of benzene rings is 1. The molecule has 3 atom stereocenters. The maximum absolute atomic E-state index is 13.6. The second-order valence-electron chi connectivity index (χ2n) is 8.39. The number of morpholine rings is 1. The summed E-state index contributed by atoms with van der Waals surface area (Å²) in [6, 6.07) is 9.39. The Balaban J connectivity index is 1.51. The second-order valence-corrected chi connectivity index (χ2v) is 10.6. The van der Waals surface area contributed by atoms with Gasteiger partial charge in [-0.15, -0.1) is 0 Å². The average molecular weight is 394 g/mol. The minimum absolute atomic E-state index is 0.104. The SMILES string of the molecule is CC1(C)[C@@H]2CC[C@@]1(S(=O)(=O)N1CCO[C@@H](COc3ccccc3)C1)C(=O)C2. The Morgan fingerprint density at radius 3 is 2.63 bits per heavy atom. The highest BCUT2D eigenvalue weighted by atomic mass is 32.2. The number of para-hydroxylation sites is 1. The zero-order chi connectivity index (χ0) is 19.3. The summed E-state index contributed by atoms with van der Waals surface area (Å²) in [5, 5.41) is 0. The number of nitrogens with zero attached hydrogens (tertiary/aromatic N) is 1. The molecule has 6 nitrogen and oxygen atoms in total. The number of ether oxygens (including phenoxy) is 2. The predicted octanol–water partition coefficient (Wildman–Crippen LogP) is 2.24. The van der Waals surface area contributed by atoms with E-state index in [2.05, 4.69) is 0 Å². The quantitative estimate of drug-likeness (QED) is 0.767. The van der Waals surface area contributed by atoms with Crippen LogP contribution < -0.4 is 4.74 Å². The summed E-state index contributed by atoms with van der Waals surface area (Å²) >= 11 is 0. The van der Waals surface area contributed by atoms with Crippen molar-refractivity contribution in [1.29, 1.82) is 0 Å². The lowest BCUT2D eigenvalue weighted by molar-refractivity contribution is -0.121. The van der Waals surface area contributed by atoms with E-state index in [1.165, 1.54) is 4.31 Å². The molecule has 0 N–H and O–H groups in total. The molecule has 2 bridgehead atoms. The van der Waals surface area contributed by atoms with E-state index in [9.17, 15) is 13.2 Å². The Kier molecular flexibility index (Phi) is 4.60. The fourth-order valence-corrected chi connectivity index (χ4v) is 7.87. The molecule has 1 aromatic carbocycles. The number of rotatable bonds is 5. The lowest BCUT2D eigenvalue weighted by atomic mass is 9.81. The molecule has 27 heavy (non-hydrogen) atoms. The van der Waals surface area contributed by atoms with Crippen LogP contribution in [0.1, 0.15) is 33.1 Å². The highest BCUT2D eigenvalue weighted by Crippen LogP contribution is 2.62. The van der Waals surface area contributed by atoms with Crippen LogP contribution in [0.25, 0.3) is 0 Å². The fourth-order valence-electron chi connectivity index (χ4n) is 5.18. The van der Waals surface area contributed by atoms with Gasteiger partial charge in [0.2, 0.25) is 10.0 Å². The van der Waals surface area contributed by atoms with Gasteiger partial charge >= 0.3 is 0 Å². The van der Waals surface area contributed by atoms with Crippen LogP contribution in [0.5, 0.6) is 5.75 Å². The standard InChI is InChI=1S/C20H27NO5S/c1-19(2)15-8-9-20(19,18(22)12-15)27(23,24)21-10-11-25-17(13-21)14-26-16-6-4-3-5-7-16/h3-7,15,17H,8-14H2,1-2H3/t15-,17-,20-/m1/s1. The van der Waals surface area contributed by atoms with Crippen molar-refractivity contribution in [1.82, 2.24) is 4.31 Å². The largest absolute Gasteiger partial charge is 0.491 e. The first-order valence-electron chi connectivity index (χ1n) is 9.61. The molecule has 3 fully saturated rings. The molecule has 4 rings (SSSR count). The lowest BCUT2D eigenvalue weighted by Crippen LogP contribution is -2.60. The first-order chi connectivity index (χ1) is 12.8.